The highest BCUT2D eigenvalue weighted by Crippen LogP contribution is 2.21. The molecule has 1 aliphatic heterocycles. The van der Waals surface area contributed by atoms with Gasteiger partial charge in [0.2, 0.25) is 5.91 Å². The summed E-state index contributed by atoms with van der Waals surface area (Å²) in [6, 6.07) is 13.1. The van der Waals surface area contributed by atoms with Crippen molar-refractivity contribution in [1.29, 1.82) is 0 Å². The Kier molecular flexibility index (Phi) is 8.84. The van der Waals surface area contributed by atoms with E-state index in [4.69, 9.17) is 23.2 Å². The van der Waals surface area contributed by atoms with Crippen LogP contribution in [0.3, 0.4) is 0 Å². The lowest BCUT2D eigenvalue weighted by molar-refractivity contribution is -0.134. The monoisotopic (exact) mass is 493 g/mol. The Morgan fingerprint density at radius 3 is 2.28 bits per heavy atom. The van der Waals surface area contributed by atoms with Crippen LogP contribution in [0.1, 0.15) is 27.1 Å². The van der Waals surface area contributed by atoms with Crippen LogP contribution in [0.4, 0.5) is 0 Å². The van der Waals surface area contributed by atoms with E-state index >= 15 is 0 Å². The first-order valence-electron chi connectivity index (χ1n) is 10.3. The second-order valence-corrected chi connectivity index (χ2v) is 9.24. The Morgan fingerprint density at radius 2 is 1.66 bits per heavy atom. The Balaban J connectivity index is 1.63. The molecule has 0 bridgehead atoms. The van der Waals surface area contributed by atoms with Crippen LogP contribution < -0.4 is 5.32 Å². The molecule has 3 amide bonds. The molecule has 0 unspecified atom stereocenters. The Hall–Kier alpha value is -2.22. The number of nitrogens with zero attached hydrogens (tertiary/aromatic N) is 2. The second kappa shape index (κ2) is 11.6. The smallest absolute Gasteiger partial charge is 0.253 e. The van der Waals surface area contributed by atoms with E-state index in [2.05, 4.69) is 5.32 Å². The van der Waals surface area contributed by atoms with E-state index in [0.29, 0.717) is 43.2 Å². The summed E-state index contributed by atoms with van der Waals surface area (Å²) in [5, 5.41) is 3.50. The largest absolute Gasteiger partial charge is 0.340 e. The van der Waals surface area contributed by atoms with Gasteiger partial charge in [-0.1, -0.05) is 41.4 Å². The summed E-state index contributed by atoms with van der Waals surface area (Å²) in [6.45, 7) is 1.74. The van der Waals surface area contributed by atoms with E-state index in [1.54, 1.807) is 45.8 Å². The quantitative estimate of drug-likeness (QED) is 0.636. The highest BCUT2D eigenvalue weighted by molar-refractivity contribution is 7.98. The Morgan fingerprint density at radius 1 is 1.00 bits per heavy atom. The maximum atomic E-state index is 13.2. The predicted octanol–water partition coefficient (Wildman–Crippen LogP) is 3.83. The molecule has 2 aromatic carbocycles. The minimum absolute atomic E-state index is 0.0395. The summed E-state index contributed by atoms with van der Waals surface area (Å²) in [7, 11) is 0. The normalized spacial score (nSPS) is 14.7. The lowest BCUT2D eigenvalue weighted by Crippen LogP contribution is -2.56. The van der Waals surface area contributed by atoms with Gasteiger partial charge in [0.25, 0.3) is 11.8 Å². The summed E-state index contributed by atoms with van der Waals surface area (Å²) in [5.41, 5.74) is 0.911. The molecule has 3 rings (SSSR count). The fourth-order valence-corrected chi connectivity index (χ4v) is 4.48. The molecular formula is C23H25Cl2N3O3S. The third-order valence-corrected chi connectivity index (χ3v) is 6.48. The van der Waals surface area contributed by atoms with Gasteiger partial charge in [-0.3, -0.25) is 14.4 Å². The number of nitrogens with one attached hydrogen (secondary N) is 1. The van der Waals surface area contributed by atoms with Crippen LogP contribution in [0.15, 0.2) is 48.5 Å². The molecule has 1 atom stereocenters. The van der Waals surface area contributed by atoms with E-state index in [0.717, 1.165) is 5.75 Å². The zero-order chi connectivity index (χ0) is 23.1. The van der Waals surface area contributed by atoms with E-state index in [1.165, 1.54) is 6.07 Å². The molecule has 0 spiro atoms. The van der Waals surface area contributed by atoms with Gasteiger partial charge in [-0.05, 0) is 48.8 Å². The van der Waals surface area contributed by atoms with Crippen LogP contribution in [0.2, 0.25) is 10.0 Å². The molecule has 1 N–H and O–H groups in total. The molecule has 32 heavy (non-hydrogen) atoms. The lowest BCUT2D eigenvalue weighted by atomic mass is 10.1. The van der Waals surface area contributed by atoms with Crippen molar-refractivity contribution >= 4 is 52.7 Å². The summed E-state index contributed by atoms with van der Waals surface area (Å²) in [6.07, 6.45) is 2.45. The average molecular weight is 494 g/mol. The van der Waals surface area contributed by atoms with Gasteiger partial charge >= 0.3 is 0 Å². The Bertz CT molecular complexity index is 966. The van der Waals surface area contributed by atoms with Gasteiger partial charge in [-0.25, -0.2) is 0 Å². The number of hydrogen-bond acceptors (Lipinski definition) is 4. The van der Waals surface area contributed by atoms with Gasteiger partial charge in [-0.15, -0.1) is 0 Å². The first kappa shape index (κ1) is 24.4. The van der Waals surface area contributed by atoms with Crippen LogP contribution in [0.5, 0.6) is 0 Å². The average Bonchev–Trinajstić information content (AvgIpc) is 2.81. The van der Waals surface area contributed by atoms with Gasteiger partial charge in [0, 0.05) is 36.8 Å². The number of benzene rings is 2. The van der Waals surface area contributed by atoms with Crippen molar-refractivity contribution in [3.8, 4) is 0 Å². The fourth-order valence-electron chi connectivity index (χ4n) is 3.52. The van der Waals surface area contributed by atoms with E-state index in [-0.39, 0.29) is 22.4 Å². The molecule has 6 nitrogen and oxygen atoms in total. The third kappa shape index (κ3) is 6.18. The summed E-state index contributed by atoms with van der Waals surface area (Å²) in [4.78, 5) is 42.1. The molecule has 9 heteroatoms. The molecule has 0 aliphatic carbocycles. The number of amides is 3. The minimum atomic E-state index is -0.668. The molecular weight excluding hydrogens is 469 g/mol. The number of piperazine rings is 1. The standard InChI is InChI=1S/C23H25Cl2N3O3S/c1-32-14-9-20(26-21(29)18-8-7-17(24)15-19(18)25)23(31)28-12-10-27(11-13-28)22(30)16-5-3-2-4-6-16/h2-8,15,20H,9-14H2,1H3,(H,26,29)/t20-/m0/s1. The molecule has 170 valence electrons. The molecule has 0 aromatic heterocycles. The molecule has 1 fully saturated rings. The zero-order valence-corrected chi connectivity index (χ0v) is 20.1. The number of hydrogen-bond donors (Lipinski definition) is 1. The third-order valence-electron chi connectivity index (χ3n) is 5.29. The number of halogens is 2. The lowest BCUT2D eigenvalue weighted by Gasteiger charge is -2.36. The van der Waals surface area contributed by atoms with Crippen molar-refractivity contribution in [2.24, 2.45) is 0 Å². The van der Waals surface area contributed by atoms with Crippen LogP contribution >= 0.6 is 35.0 Å². The molecule has 1 heterocycles. The van der Waals surface area contributed by atoms with Crippen molar-refractivity contribution in [2.75, 3.05) is 38.2 Å². The number of carbonyl (C=O) groups excluding carboxylic acids is 3. The predicted molar refractivity (Wildman–Crippen MR) is 130 cm³/mol. The van der Waals surface area contributed by atoms with Gasteiger partial charge in [0.1, 0.15) is 6.04 Å². The number of carbonyl (C=O) groups is 3. The molecule has 1 saturated heterocycles. The first-order valence-corrected chi connectivity index (χ1v) is 12.4. The van der Waals surface area contributed by atoms with E-state index in [1.807, 2.05) is 24.5 Å². The second-order valence-electron chi connectivity index (χ2n) is 7.42. The van der Waals surface area contributed by atoms with Crippen molar-refractivity contribution in [1.82, 2.24) is 15.1 Å². The Labute approximate surface area is 202 Å². The van der Waals surface area contributed by atoms with Crippen molar-refractivity contribution in [2.45, 2.75) is 12.5 Å². The van der Waals surface area contributed by atoms with Gasteiger partial charge in [-0.2, -0.15) is 11.8 Å². The van der Waals surface area contributed by atoms with E-state index in [9.17, 15) is 14.4 Å². The van der Waals surface area contributed by atoms with Crippen LogP contribution in [-0.4, -0.2) is 71.8 Å². The van der Waals surface area contributed by atoms with Gasteiger partial charge in [0.05, 0.1) is 10.6 Å². The highest BCUT2D eigenvalue weighted by atomic mass is 35.5. The van der Waals surface area contributed by atoms with Crippen LogP contribution in [-0.2, 0) is 4.79 Å². The topological polar surface area (TPSA) is 69.7 Å². The number of rotatable bonds is 7. The molecule has 2 aromatic rings. The molecule has 0 radical (unpaired) electrons. The van der Waals surface area contributed by atoms with E-state index < -0.39 is 11.9 Å². The SMILES string of the molecule is CSCC[C@H](NC(=O)c1ccc(Cl)cc1Cl)C(=O)N1CCN(C(=O)c2ccccc2)CC1. The van der Waals surface area contributed by atoms with Crippen molar-refractivity contribution in [3.05, 3.63) is 69.7 Å². The van der Waals surface area contributed by atoms with Crippen LogP contribution in [0, 0.1) is 0 Å². The first-order chi connectivity index (χ1) is 15.4. The van der Waals surface area contributed by atoms with Crippen molar-refractivity contribution < 1.29 is 14.4 Å². The highest BCUT2D eigenvalue weighted by Gasteiger charge is 2.30. The van der Waals surface area contributed by atoms with Crippen LogP contribution in [0.25, 0.3) is 0 Å². The summed E-state index contributed by atoms with van der Waals surface area (Å²) < 4.78 is 0. The number of thioether (sulfide) groups is 1. The van der Waals surface area contributed by atoms with Crippen molar-refractivity contribution in [3.63, 3.8) is 0 Å². The summed E-state index contributed by atoms with van der Waals surface area (Å²) in [5.74, 6) is 0.118. The minimum Gasteiger partial charge on any atom is -0.340 e. The molecule has 0 saturated carbocycles. The van der Waals surface area contributed by atoms with Gasteiger partial charge < -0.3 is 15.1 Å². The fraction of sp³-hybridized carbons (Fsp3) is 0.348. The zero-order valence-electron chi connectivity index (χ0n) is 17.7. The van der Waals surface area contributed by atoms with Gasteiger partial charge in [0.15, 0.2) is 0 Å². The maximum Gasteiger partial charge on any atom is 0.253 e. The maximum absolute atomic E-state index is 13.2. The summed E-state index contributed by atoms with van der Waals surface area (Å²) >= 11 is 13.7. The molecule has 1 aliphatic rings.